The topological polar surface area (TPSA) is 71.3 Å². The lowest BCUT2D eigenvalue weighted by molar-refractivity contribution is -0.136. The molecule has 6 heteroatoms. The van der Waals surface area contributed by atoms with Crippen LogP contribution in [0.4, 0.5) is 5.69 Å². The molecule has 110 valence electrons. The molecule has 0 unspecified atom stereocenters. The molecule has 21 heavy (non-hydrogen) atoms. The van der Waals surface area contributed by atoms with Crippen LogP contribution in [-0.4, -0.2) is 21.6 Å². The highest BCUT2D eigenvalue weighted by atomic mass is 35.5. The van der Waals surface area contributed by atoms with Gasteiger partial charge in [0.15, 0.2) is 0 Å². The zero-order valence-electron chi connectivity index (χ0n) is 11.5. The van der Waals surface area contributed by atoms with Gasteiger partial charge in [0, 0.05) is 18.4 Å². The van der Waals surface area contributed by atoms with Crippen molar-refractivity contribution < 1.29 is 14.7 Å². The van der Waals surface area contributed by atoms with Crippen molar-refractivity contribution in [1.29, 1.82) is 0 Å². The number of aryl methyl sites for hydroxylation is 1. The molecule has 1 amide bonds. The number of carbonyl (C=O) groups excluding carboxylic acids is 1. The largest absolute Gasteiger partial charge is 0.481 e. The van der Waals surface area contributed by atoms with E-state index in [0.717, 1.165) is 0 Å². The molecule has 1 aromatic carbocycles. The van der Waals surface area contributed by atoms with Crippen LogP contribution in [0.25, 0.3) is 0 Å². The van der Waals surface area contributed by atoms with E-state index in [0.29, 0.717) is 28.5 Å². The number of rotatable bonds is 5. The quantitative estimate of drug-likeness (QED) is 0.892. The molecule has 0 saturated heterocycles. The Morgan fingerprint density at radius 3 is 2.71 bits per heavy atom. The van der Waals surface area contributed by atoms with Gasteiger partial charge in [-0.15, -0.1) is 0 Å². The lowest BCUT2D eigenvalue weighted by Crippen LogP contribution is -2.17. The van der Waals surface area contributed by atoms with E-state index >= 15 is 0 Å². The number of aromatic nitrogens is 1. The number of carboxylic acid groups (broad SMARTS) is 1. The second kappa shape index (κ2) is 6.45. The fourth-order valence-corrected chi connectivity index (χ4v) is 2.29. The molecule has 0 aliphatic rings. The lowest BCUT2D eigenvalue weighted by atomic mass is 10.1. The van der Waals surface area contributed by atoms with Crippen molar-refractivity contribution in [1.82, 2.24) is 4.57 Å². The molecule has 1 heterocycles. The fraction of sp³-hybridized carbons (Fsp3) is 0.200. The molecule has 2 aromatic rings. The molecule has 0 atom stereocenters. The number of aliphatic carboxylic acids is 1. The van der Waals surface area contributed by atoms with Gasteiger partial charge in [-0.1, -0.05) is 29.8 Å². The standard InChI is InChI=1S/C15H15ClN2O3/c1-2-18-9-11(16)8-13(18)15(21)17-12-6-4-3-5-10(12)7-14(19)20/h3-6,8-9H,2,7H2,1H3,(H,17,21)(H,19,20). The van der Waals surface area contributed by atoms with Crippen LogP contribution in [0.1, 0.15) is 23.0 Å². The van der Waals surface area contributed by atoms with Crippen molar-refractivity contribution in [2.24, 2.45) is 0 Å². The Morgan fingerprint density at radius 1 is 1.33 bits per heavy atom. The molecule has 0 aliphatic heterocycles. The van der Waals surface area contributed by atoms with Crippen LogP contribution in [0.2, 0.25) is 5.02 Å². The van der Waals surface area contributed by atoms with Crippen molar-refractivity contribution in [3.63, 3.8) is 0 Å². The van der Waals surface area contributed by atoms with Crippen molar-refractivity contribution in [3.8, 4) is 0 Å². The molecule has 0 spiro atoms. The third-order valence-corrected chi connectivity index (χ3v) is 3.25. The molecule has 2 N–H and O–H groups in total. The number of nitrogens with one attached hydrogen (secondary N) is 1. The number of benzene rings is 1. The van der Waals surface area contributed by atoms with Crippen LogP contribution in [0.5, 0.6) is 0 Å². The number of anilines is 1. The summed E-state index contributed by atoms with van der Waals surface area (Å²) in [5, 5.41) is 12.1. The van der Waals surface area contributed by atoms with Gasteiger partial charge >= 0.3 is 5.97 Å². The Hall–Kier alpha value is -2.27. The van der Waals surface area contributed by atoms with Gasteiger partial charge in [0.25, 0.3) is 5.91 Å². The number of para-hydroxylation sites is 1. The van der Waals surface area contributed by atoms with Crippen LogP contribution in [0.15, 0.2) is 36.5 Å². The second-order valence-corrected chi connectivity index (χ2v) is 4.95. The first kappa shape index (κ1) is 15.1. The summed E-state index contributed by atoms with van der Waals surface area (Å²) in [6.45, 7) is 2.53. The van der Waals surface area contributed by atoms with E-state index in [1.807, 2.05) is 6.92 Å². The monoisotopic (exact) mass is 306 g/mol. The van der Waals surface area contributed by atoms with E-state index in [2.05, 4.69) is 5.32 Å². The van der Waals surface area contributed by atoms with E-state index in [1.165, 1.54) is 0 Å². The van der Waals surface area contributed by atoms with E-state index < -0.39 is 5.97 Å². The van der Waals surface area contributed by atoms with Crippen molar-refractivity contribution in [2.75, 3.05) is 5.32 Å². The summed E-state index contributed by atoms with van der Waals surface area (Å²) >= 11 is 5.91. The van der Waals surface area contributed by atoms with Crippen LogP contribution in [0.3, 0.4) is 0 Å². The normalized spacial score (nSPS) is 10.4. The van der Waals surface area contributed by atoms with Crippen molar-refractivity contribution >= 4 is 29.2 Å². The van der Waals surface area contributed by atoms with Gasteiger partial charge in [0.2, 0.25) is 0 Å². The number of carboxylic acids is 1. The first-order valence-corrected chi connectivity index (χ1v) is 6.85. The number of carbonyl (C=O) groups is 2. The Kier molecular flexibility index (Phi) is 4.65. The Balaban J connectivity index is 2.25. The maximum atomic E-state index is 12.3. The Morgan fingerprint density at radius 2 is 2.05 bits per heavy atom. The van der Waals surface area contributed by atoms with E-state index in [1.54, 1.807) is 41.1 Å². The minimum absolute atomic E-state index is 0.147. The van der Waals surface area contributed by atoms with Gasteiger partial charge in [0.1, 0.15) is 5.69 Å². The smallest absolute Gasteiger partial charge is 0.307 e. The van der Waals surface area contributed by atoms with Crippen molar-refractivity contribution in [3.05, 3.63) is 52.8 Å². The number of nitrogens with zero attached hydrogens (tertiary/aromatic N) is 1. The summed E-state index contributed by atoms with van der Waals surface area (Å²) in [5.41, 5.74) is 1.48. The Bertz CT molecular complexity index is 679. The molecular weight excluding hydrogens is 292 g/mol. The molecule has 0 fully saturated rings. The number of hydrogen-bond acceptors (Lipinski definition) is 2. The molecule has 5 nitrogen and oxygen atoms in total. The lowest BCUT2D eigenvalue weighted by Gasteiger charge is -2.11. The Labute approximate surface area is 127 Å². The van der Waals surface area contributed by atoms with Crippen LogP contribution < -0.4 is 5.32 Å². The molecule has 1 aromatic heterocycles. The highest BCUT2D eigenvalue weighted by Gasteiger charge is 2.15. The number of hydrogen-bond donors (Lipinski definition) is 2. The van der Waals surface area contributed by atoms with E-state index in [9.17, 15) is 9.59 Å². The molecule has 2 rings (SSSR count). The average Bonchev–Trinajstić information content (AvgIpc) is 2.81. The van der Waals surface area contributed by atoms with Gasteiger partial charge in [0.05, 0.1) is 11.4 Å². The maximum absolute atomic E-state index is 12.3. The molecule has 0 bridgehead atoms. The van der Waals surface area contributed by atoms with Crippen LogP contribution in [0, 0.1) is 0 Å². The van der Waals surface area contributed by atoms with Gasteiger partial charge in [-0.2, -0.15) is 0 Å². The zero-order chi connectivity index (χ0) is 15.4. The summed E-state index contributed by atoms with van der Waals surface area (Å²) in [6.07, 6.45) is 1.53. The van der Waals surface area contributed by atoms with Gasteiger partial charge in [-0.3, -0.25) is 9.59 Å². The third-order valence-electron chi connectivity index (χ3n) is 3.04. The second-order valence-electron chi connectivity index (χ2n) is 4.51. The summed E-state index contributed by atoms with van der Waals surface area (Å²) in [7, 11) is 0. The van der Waals surface area contributed by atoms with Crippen LogP contribution in [-0.2, 0) is 17.8 Å². The SMILES string of the molecule is CCn1cc(Cl)cc1C(=O)Nc1ccccc1CC(=O)O. The summed E-state index contributed by atoms with van der Waals surface area (Å²) in [4.78, 5) is 23.2. The molecular formula is C15H15ClN2O3. The fourth-order valence-electron chi connectivity index (χ4n) is 2.07. The molecule has 0 saturated carbocycles. The number of amides is 1. The zero-order valence-corrected chi connectivity index (χ0v) is 12.2. The van der Waals surface area contributed by atoms with Gasteiger partial charge in [-0.25, -0.2) is 0 Å². The first-order valence-electron chi connectivity index (χ1n) is 6.48. The number of halogens is 1. The minimum atomic E-state index is -0.948. The summed E-state index contributed by atoms with van der Waals surface area (Å²) in [6, 6.07) is 8.42. The van der Waals surface area contributed by atoms with Gasteiger partial charge in [-0.05, 0) is 24.6 Å². The predicted octanol–water partition coefficient (Wildman–Crippen LogP) is 3.04. The third kappa shape index (κ3) is 3.64. The summed E-state index contributed by atoms with van der Waals surface area (Å²) in [5.74, 6) is -1.27. The highest BCUT2D eigenvalue weighted by molar-refractivity contribution is 6.31. The average molecular weight is 307 g/mol. The predicted molar refractivity (Wildman–Crippen MR) is 80.9 cm³/mol. The minimum Gasteiger partial charge on any atom is -0.481 e. The first-order chi connectivity index (χ1) is 10.0. The molecule has 0 aliphatic carbocycles. The van der Waals surface area contributed by atoms with E-state index in [4.69, 9.17) is 16.7 Å². The molecule has 0 radical (unpaired) electrons. The van der Waals surface area contributed by atoms with Crippen LogP contribution >= 0.6 is 11.6 Å². The maximum Gasteiger partial charge on any atom is 0.307 e. The van der Waals surface area contributed by atoms with Gasteiger partial charge < -0.3 is 15.0 Å². The van der Waals surface area contributed by atoms with Crippen molar-refractivity contribution in [2.45, 2.75) is 19.9 Å². The highest BCUT2D eigenvalue weighted by Crippen LogP contribution is 2.19. The van der Waals surface area contributed by atoms with E-state index in [-0.39, 0.29) is 12.3 Å². The summed E-state index contributed by atoms with van der Waals surface area (Å²) < 4.78 is 1.73.